The summed E-state index contributed by atoms with van der Waals surface area (Å²) < 4.78 is 20.9. The zero-order chi connectivity index (χ0) is 60.1. The van der Waals surface area contributed by atoms with Crippen LogP contribution in [0.1, 0.15) is 224 Å². The van der Waals surface area contributed by atoms with Crippen molar-refractivity contribution in [3.05, 3.63) is 178 Å². The van der Waals surface area contributed by atoms with Crippen LogP contribution in [0.25, 0.3) is 38.0 Å². The van der Waals surface area contributed by atoms with Crippen molar-refractivity contribution in [1.82, 2.24) is 34.7 Å². The van der Waals surface area contributed by atoms with Gasteiger partial charge >= 0.3 is 0 Å². The molecule has 0 saturated carbocycles. The van der Waals surface area contributed by atoms with Crippen LogP contribution in [-0.4, -0.2) is 50.0 Å². The van der Waals surface area contributed by atoms with E-state index in [1.165, 1.54) is 21.2 Å². The molecule has 0 bridgehead atoms. The molecule has 10 aromatic rings. The van der Waals surface area contributed by atoms with Gasteiger partial charge in [0.1, 0.15) is 28.3 Å². The Morgan fingerprint density at radius 3 is 1.65 bits per heavy atom. The molecule has 0 aliphatic rings. The summed E-state index contributed by atoms with van der Waals surface area (Å²) >= 11 is 1.76. The number of rotatable bonds is 11. The average molecular weight is 1120 g/mol. The molecule has 0 fully saturated rings. The molecule has 0 atom stereocenters. The predicted molar refractivity (Wildman–Crippen MR) is 333 cm³/mol. The van der Waals surface area contributed by atoms with Gasteiger partial charge in [-0.05, 0) is 149 Å². The highest BCUT2D eigenvalue weighted by Gasteiger charge is 2.25. The van der Waals surface area contributed by atoms with Gasteiger partial charge in [0.05, 0.1) is 61.6 Å². The fraction of sp³-hybridized carbons (Fsp3) is 0.448. The molecule has 81 heavy (non-hydrogen) atoms. The van der Waals surface area contributed by atoms with Crippen molar-refractivity contribution < 1.29 is 28.7 Å². The van der Waals surface area contributed by atoms with Gasteiger partial charge in [-0.1, -0.05) is 132 Å². The van der Waals surface area contributed by atoms with Gasteiger partial charge in [-0.15, -0.1) is 11.3 Å². The van der Waals surface area contributed by atoms with Crippen LogP contribution in [0.2, 0.25) is 0 Å². The third kappa shape index (κ3) is 18.4. The van der Waals surface area contributed by atoms with Gasteiger partial charge in [-0.3, -0.25) is 9.67 Å². The molecule has 8 heterocycles. The quantitative estimate of drug-likeness (QED) is 0.112. The molecular formula is C67H91N7O6S. The van der Waals surface area contributed by atoms with E-state index in [1.54, 1.807) is 63.8 Å². The smallest absolute Gasteiger partial charge is 0.257 e. The van der Waals surface area contributed by atoms with Gasteiger partial charge in [0, 0.05) is 42.2 Å². The van der Waals surface area contributed by atoms with E-state index in [0.29, 0.717) is 41.2 Å². The number of aliphatic hydroxyl groups is 3. The van der Waals surface area contributed by atoms with E-state index < -0.39 is 16.8 Å². The lowest BCUT2D eigenvalue weighted by Crippen LogP contribution is -2.20. The van der Waals surface area contributed by atoms with E-state index in [2.05, 4.69) is 151 Å². The Bertz CT molecular complexity index is 3440. The van der Waals surface area contributed by atoms with Crippen LogP contribution in [0.3, 0.4) is 0 Å². The van der Waals surface area contributed by atoms with Crippen molar-refractivity contribution >= 4 is 43.6 Å². The van der Waals surface area contributed by atoms with E-state index in [4.69, 9.17) is 13.4 Å². The minimum Gasteiger partial charge on any atom is -0.469 e. The molecule has 2 aromatic carbocycles. The van der Waals surface area contributed by atoms with Crippen LogP contribution in [0.4, 0.5) is 0 Å². The molecule has 3 N–H and O–H groups in total. The normalized spacial score (nSPS) is 11.9. The Morgan fingerprint density at radius 1 is 0.580 bits per heavy atom. The first kappa shape index (κ1) is 65.1. The number of nitrogens with zero attached hydrogens (tertiary/aromatic N) is 7. The highest BCUT2D eigenvalue weighted by atomic mass is 32.1. The maximum absolute atomic E-state index is 10.3. The van der Waals surface area contributed by atoms with Gasteiger partial charge in [0.25, 0.3) is 5.71 Å². The van der Waals surface area contributed by atoms with Crippen LogP contribution in [-0.2, 0) is 30.3 Å². The summed E-state index contributed by atoms with van der Waals surface area (Å²) in [6.45, 7) is 38.2. The highest BCUT2D eigenvalue weighted by Crippen LogP contribution is 2.30. The Labute approximate surface area is 485 Å². The fourth-order valence-corrected chi connectivity index (χ4v) is 8.92. The van der Waals surface area contributed by atoms with Crippen molar-refractivity contribution in [2.24, 2.45) is 7.05 Å². The zero-order valence-corrected chi connectivity index (χ0v) is 52.6. The summed E-state index contributed by atoms with van der Waals surface area (Å²) in [5.74, 6) is 4.65. The van der Waals surface area contributed by atoms with Crippen LogP contribution >= 0.6 is 11.3 Å². The molecule has 13 nitrogen and oxygen atoms in total. The lowest BCUT2D eigenvalue weighted by Gasteiger charge is -2.18. The van der Waals surface area contributed by atoms with Crippen LogP contribution in [0, 0.1) is 0 Å². The van der Waals surface area contributed by atoms with Crippen molar-refractivity contribution in [3.63, 3.8) is 0 Å². The average Bonchev–Trinajstić information content (AvgIpc) is 4.37. The second kappa shape index (κ2) is 28.3. The third-order valence-corrected chi connectivity index (χ3v) is 14.2. The molecule has 10 rings (SSSR count). The Morgan fingerprint density at radius 2 is 1.15 bits per heavy atom. The van der Waals surface area contributed by atoms with Crippen molar-refractivity contribution in [3.8, 4) is 5.69 Å². The summed E-state index contributed by atoms with van der Waals surface area (Å²) in [4.78, 5) is 8.61. The third-order valence-electron chi connectivity index (χ3n) is 13.4. The standard InChI is InChI=1S/C15H20N2O.C11H14N2O.C11H12O.C10H18N2O.C10H11NS.C10H16O2/c1-11(2)13-10-14(15(3,4)18)17(16-13)12-8-6-5-7-9-12;1-4-10-9-5-8(7(2)3)6-12-11(9)14-13-10;1-8(2)11-7-9-5-3-4-6-10(9)12-11;1-7(2)8-6-9(10(3,4)13)12(5)11-8;1-7(2)8-5-10-9(11-6-8)3-4-12-10;1-7(2)9-5-8(6-12-9)10(3,4)11/h5-11,18H,1-4H3;5-7H,4H2,1-3H3;3-8H,1-2H3;6-7,13H,1-5H3;3-7H,1-2H3;5-7,11H,1-4H3. The van der Waals surface area contributed by atoms with Crippen LogP contribution in [0.15, 0.2) is 134 Å². The minimum atomic E-state index is -0.907. The summed E-state index contributed by atoms with van der Waals surface area (Å²) in [6.07, 6.45) is 6.34. The SMILES string of the molecule is CC(C)c1cc(C(C)(C)O)co1.CC(C)c1cc(C(C)(C)O)n(-c2ccccc2)n1.CC(C)c1cc(C(C)(C)O)n(C)n1.CC(C)c1cc2ccccc2o1.CC(C)c1cnc2ccsc2c1.CCc1noc2ncc(C(C)C)cc12. The summed E-state index contributed by atoms with van der Waals surface area (Å²) in [7, 11) is 1.86. The number of pyridine rings is 2. The Kier molecular flexibility index (Phi) is 22.8. The first-order valence-corrected chi connectivity index (χ1v) is 29.3. The van der Waals surface area contributed by atoms with Gasteiger partial charge < -0.3 is 28.7 Å². The summed E-state index contributed by atoms with van der Waals surface area (Å²) in [5, 5.41) is 46.9. The van der Waals surface area contributed by atoms with E-state index in [9.17, 15) is 15.3 Å². The zero-order valence-electron chi connectivity index (χ0n) is 51.8. The topological polar surface area (TPSA) is 174 Å². The molecular weight excluding hydrogens is 1030 g/mol. The van der Waals surface area contributed by atoms with Gasteiger partial charge in [-0.2, -0.15) is 10.2 Å². The summed E-state index contributed by atoms with van der Waals surface area (Å²) in [6, 6.07) is 32.4. The number of hydrogen-bond donors (Lipinski definition) is 3. The van der Waals surface area contributed by atoms with Crippen LogP contribution in [0.5, 0.6) is 0 Å². The van der Waals surface area contributed by atoms with Gasteiger partial charge in [0.15, 0.2) is 0 Å². The van der Waals surface area contributed by atoms with Gasteiger partial charge in [0.2, 0.25) is 0 Å². The number of furan rings is 2. The molecule has 0 amide bonds. The number of thiophene rings is 1. The summed E-state index contributed by atoms with van der Waals surface area (Å²) in [5.41, 5.74) is 9.30. The first-order valence-electron chi connectivity index (χ1n) is 28.4. The second-order valence-corrected chi connectivity index (χ2v) is 24.9. The van der Waals surface area contributed by atoms with Crippen LogP contribution < -0.4 is 0 Å². The predicted octanol–water partition coefficient (Wildman–Crippen LogP) is 17.5. The fourth-order valence-electron chi connectivity index (χ4n) is 8.13. The van der Waals surface area contributed by atoms with Crippen molar-refractivity contribution in [1.29, 1.82) is 0 Å². The van der Waals surface area contributed by atoms with E-state index in [0.717, 1.165) is 74.1 Å². The molecule has 0 saturated heterocycles. The van der Waals surface area contributed by atoms with E-state index in [1.807, 2.05) is 90.9 Å². The molecule has 14 heteroatoms. The number of hydrogen-bond acceptors (Lipinski definition) is 12. The number of para-hydroxylation sites is 2. The lowest BCUT2D eigenvalue weighted by atomic mass is 10.0. The maximum Gasteiger partial charge on any atom is 0.257 e. The molecule has 0 unspecified atom stereocenters. The number of fused-ring (bicyclic) bond motifs is 3. The Hall–Kier alpha value is -6.71. The highest BCUT2D eigenvalue weighted by molar-refractivity contribution is 7.17. The largest absolute Gasteiger partial charge is 0.469 e. The minimum absolute atomic E-state index is 0.344. The molecule has 0 spiro atoms. The van der Waals surface area contributed by atoms with E-state index in [-0.39, 0.29) is 0 Å². The number of benzene rings is 2. The van der Waals surface area contributed by atoms with Crippen molar-refractivity contribution in [2.75, 3.05) is 0 Å². The molecule has 0 aliphatic heterocycles. The number of aromatic nitrogens is 7. The maximum atomic E-state index is 10.3. The molecule has 436 valence electrons. The molecule has 8 aromatic heterocycles. The van der Waals surface area contributed by atoms with E-state index >= 15 is 0 Å². The molecule has 0 radical (unpaired) electrons. The Balaban J connectivity index is 0.000000180. The lowest BCUT2D eigenvalue weighted by molar-refractivity contribution is 0.0694. The monoisotopic (exact) mass is 1120 g/mol. The molecule has 0 aliphatic carbocycles. The second-order valence-electron chi connectivity index (χ2n) is 24.0. The van der Waals surface area contributed by atoms with Crippen molar-refractivity contribution in [2.45, 2.75) is 190 Å². The van der Waals surface area contributed by atoms with Gasteiger partial charge in [-0.25, -0.2) is 9.67 Å². The number of aryl methyl sites for hydroxylation is 2. The first-order chi connectivity index (χ1) is 37.9.